The van der Waals surface area contributed by atoms with Crippen LogP contribution in [0.15, 0.2) is 29.3 Å². The molecule has 3 N–H and O–H groups in total. The highest BCUT2D eigenvalue weighted by Crippen LogP contribution is 2.12. The molecular formula is C17H29N3O2. The van der Waals surface area contributed by atoms with E-state index in [4.69, 9.17) is 15.2 Å². The lowest BCUT2D eigenvalue weighted by atomic mass is 10.2. The Morgan fingerprint density at radius 1 is 1.14 bits per heavy atom. The summed E-state index contributed by atoms with van der Waals surface area (Å²) >= 11 is 0. The van der Waals surface area contributed by atoms with E-state index in [2.05, 4.69) is 17.2 Å². The Hall–Kier alpha value is -1.75. The highest BCUT2D eigenvalue weighted by molar-refractivity contribution is 5.77. The first-order valence-corrected chi connectivity index (χ1v) is 8.00. The summed E-state index contributed by atoms with van der Waals surface area (Å²) in [7, 11) is 1.66. The number of nitrogens with zero attached hydrogens (tertiary/aromatic N) is 1. The van der Waals surface area contributed by atoms with Crippen molar-refractivity contribution in [3.8, 4) is 5.75 Å². The number of hydrogen-bond donors (Lipinski definition) is 2. The van der Waals surface area contributed by atoms with Gasteiger partial charge in [0.2, 0.25) is 0 Å². The van der Waals surface area contributed by atoms with Crippen LogP contribution >= 0.6 is 0 Å². The first-order chi connectivity index (χ1) is 10.8. The van der Waals surface area contributed by atoms with Crippen molar-refractivity contribution >= 4 is 5.96 Å². The van der Waals surface area contributed by atoms with Gasteiger partial charge in [-0.3, -0.25) is 0 Å². The largest absolute Gasteiger partial charge is 0.491 e. The third-order valence-electron chi connectivity index (χ3n) is 3.25. The van der Waals surface area contributed by atoms with Crippen molar-refractivity contribution in [3.63, 3.8) is 0 Å². The second-order valence-corrected chi connectivity index (χ2v) is 5.17. The molecule has 1 aromatic rings. The summed E-state index contributed by atoms with van der Waals surface area (Å²) < 4.78 is 10.5. The lowest BCUT2D eigenvalue weighted by Crippen LogP contribution is -2.32. The van der Waals surface area contributed by atoms with E-state index in [9.17, 15) is 0 Å². The van der Waals surface area contributed by atoms with Gasteiger partial charge in [0.25, 0.3) is 0 Å². The fourth-order valence-electron chi connectivity index (χ4n) is 1.93. The number of aliphatic imine (C=N–C) groups is 1. The Balaban J connectivity index is 2.26. The van der Waals surface area contributed by atoms with Crippen molar-refractivity contribution in [3.05, 3.63) is 29.8 Å². The van der Waals surface area contributed by atoms with Gasteiger partial charge in [0.1, 0.15) is 12.4 Å². The standard InChI is InChI=1S/C17H29N3O2/c1-3-4-5-6-11-19-17(18)20-14-15-7-9-16(10-8-15)22-13-12-21-2/h7-10H,3-6,11-14H2,1-2H3,(H3,18,19,20). The molecule has 1 aromatic carbocycles. The minimum atomic E-state index is 0.511. The molecule has 0 radical (unpaired) electrons. The third kappa shape index (κ3) is 8.52. The van der Waals surface area contributed by atoms with Crippen LogP contribution in [-0.2, 0) is 11.3 Å². The minimum Gasteiger partial charge on any atom is -0.491 e. The Kier molecular flexibility index (Phi) is 9.87. The Morgan fingerprint density at radius 3 is 2.59 bits per heavy atom. The Morgan fingerprint density at radius 2 is 1.91 bits per heavy atom. The molecule has 0 heterocycles. The normalized spacial score (nSPS) is 11.5. The molecule has 0 atom stereocenters. The Bertz CT molecular complexity index is 418. The predicted octanol–water partition coefficient (Wildman–Crippen LogP) is 2.70. The number of nitrogens with two attached hydrogens (primary N) is 1. The van der Waals surface area contributed by atoms with Gasteiger partial charge in [-0.15, -0.1) is 0 Å². The number of unbranched alkanes of at least 4 members (excludes halogenated alkanes) is 3. The summed E-state index contributed by atoms with van der Waals surface area (Å²) in [6, 6.07) is 7.88. The van der Waals surface area contributed by atoms with Crippen LogP contribution in [0.2, 0.25) is 0 Å². The molecule has 0 aromatic heterocycles. The van der Waals surface area contributed by atoms with Crippen LogP contribution in [0, 0.1) is 0 Å². The zero-order chi connectivity index (χ0) is 16.0. The highest BCUT2D eigenvalue weighted by atomic mass is 16.5. The molecule has 0 fully saturated rings. The van der Waals surface area contributed by atoms with Crippen molar-refractivity contribution in [2.45, 2.75) is 39.2 Å². The number of methoxy groups -OCH3 is 1. The van der Waals surface area contributed by atoms with Crippen molar-refractivity contribution in [2.75, 3.05) is 26.9 Å². The summed E-state index contributed by atoms with van der Waals surface area (Å²) in [6.07, 6.45) is 4.89. The topological polar surface area (TPSA) is 68.9 Å². The molecule has 0 bridgehead atoms. The van der Waals surface area contributed by atoms with Crippen LogP contribution < -0.4 is 15.8 Å². The quantitative estimate of drug-likeness (QED) is 0.375. The van der Waals surface area contributed by atoms with Gasteiger partial charge in [0.15, 0.2) is 5.96 Å². The Labute approximate surface area is 133 Å². The van der Waals surface area contributed by atoms with E-state index in [1.807, 2.05) is 24.3 Å². The molecule has 0 amide bonds. The zero-order valence-corrected chi connectivity index (χ0v) is 13.8. The summed E-state index contributed by atoms with van der Waals surface area (Å²) in [5.41, 5.74) is 6.95. The molecule has 124 valence electrons. The molecule has 0 aliphatic rings. The lowest BCUT2D eigenvalue weighted by molar-refractivity contribution is 0.146. The molecule has 0 saturated carbocycles. The summed E-state index contributed by atoms with van der Waals surface area (Å²) in [5, 5.41) is 3.15. The summed E-state index contributed by atoms with van der Waals surface area (Å²) in [5.74, 6) is 1.35. The summed E-state index contributed by atoms with van der Waals surface area (Å²) in [6.45, 7) is 4.82. The minimum absolute atomic E-state index is 0.511. The van der Waals surface area contributed by atoms with E-state index in [0.717, 1.165) is 24.3 Å². The zero-order valence-electron chi connectivity index (χ0n) is 13.8. The van der Waals surface area contributed by atoms with E-state index < -0.39 is 0 Å². The average molecular weight is 307 g/mol. The maximum absolute atomic E-state index is 5.85. The van der Waals surface area contributed by atoms with E-state index in [1.54, 1.807) is 7.11 Å². The first kappa shape index (κ1) is 18.3. The van der Waals surface area contributed by atoms with Crippen LogP contribution in [0.3, 0.4) is 0 Å². The van der Waals surface area contributed by atoms with E-state index in [0.29, 0.717) is 25.7 Å². The SMILES string of the molecule is CCCCCCNC(N)=NCc1ccc(OCCOC)cc1. The molecule has 0 saturated heterocycles. The number of guanidine groups is 1. The van der Waals surface area contributed by atoms with Gasteiger partial charge in [-0.05, 0) is 24.1 Å². The van der Waals surface area contributed by atoms with Gasteiger partial charge in [0.05, 0.1) is 13.2 Å². The van der Waals surface area contributed by atoms with Crippen LogP contribution in [0.5, 0.6) is 5.75 Å². The monoisotopic (exact) mass is 307 g/mol. The van der Waals surface area contributed by atoms with E-state index in [1.165, 1.54) is 19.3 Å². The van der Waals surface area contributed by atoms with Crippen molar-refractivity contribution in [1.82, 2.24) is 5.32 Å². The average Bonchev–Trinajstić information content (AvgIpc) is 2.54. The van der Waals surface area contributed by atoms with Crippen LogP contribution in [0.4, 0.5) is 0 Å². The molecule has 5 heteroatoms. The number of nitrogens with one attached hydrogen (secondary N) is 1. The van der Waals surface area contributed by atoms with Gasteiger partial charge in [0, 0.05) is 13.7 Å². The number of ether oxygens (including phenoxy) is 2. The highest BCUT2D eigenvalue weighted by Gasteiger charge is 1.96. The van der Waals surface area contributed by atoms with Gasteiger partial charge >= 0.3 is 0 Å². The van der Waals surface area contributed by atoms with Crippen molar-refractivity contribution in [1.29, 1.82) is 0 Å². The van der Waals surface area contributed by atoms with Crippen molar-refractivity contribution in [2.24, 2.45) is 10.7 Å². The van der Waals surface area contributed by atoms with E-state index in [-0.39, 0.29) is 0 Å². The number of rotatable bonds is 11. The lowest BCUT2D eigenvalue weighted by Gasteiger charge is -2.07. The second-order valence-electron chi connectivity index (χ2n) is 5.17. The first-order valence-electron chi connectivity index (χ1n) is 8.00. The van der Waals surface area contributed by atoms with E-state index >= 15 is 0 Å². The maximum Gasteiger partial charge on any atom is 0.188 e. The molecule has 0 spiro atoms. The number of benzene rings is 1. The van der Waals surface area contributed by atoms with Gasteiger partial charge in [-0.25, -0.2) is 4.99 Å². The summed E-state index contributed by atoms with van der Waals surface area (Å²) in [4.78, 5) is 4.34. The third-order valence-corrected chi connectivity index (χ3v) is 3.25. The molecular weight excluding hydrogens is 278 g/mol. The second kappa shape index (κ2) is 11.9. The number of hydrogen-bond acceptors (Lipinski definition) is 3. The van der Waals surface area contributed by atoms with Crippen LogP contribution in [0.1, 0.15) is 38.2 Å². The molecule has 0 aliphatic carbocycles. The van der Waals surface area contributed by atoms with Gasteiger partial charge in [-0.1, -0.05) is 38.3 Å². The van der Waals surface area contributed by atoms with Crippen LogP contribution in [-0.4, -0.2) is 32.8 Å². The van der Waals surface area contributed by atoms with Gasteiger partial charge < -0.3 is 20.5 Å². The fourth-order valence-corrected chi connectivity index (χ4v) is 1.93. The van der Waals surface area contributed by atoms with Crippen molar-refractivity contribution < 1.29 is 9.47 Å². The molecule has 0 aliphatic heterocycles. The fraction of sp³-hybridized carbons (Fsp3) is 0.588. The predicted molar refractivity (Wildman–Crippen MR) is 91.3 cm³/mol. The molecule has 0 unspecified atom stereocenters. The van der Waals surface area contributed by atoms with Gasteiger partial charge in [-0.2, -0.15) is 0 Å². The smallest absolute Gasteiger partial charge is 0.188 e. The maximum atomic E-state index is 5.85. The molecule has 1 rings (SSSR count). The van der Waals surface area contributed by atoms with Crippen LogP contribution in [0.25, 0.3) is 0 Å². The molecule has 22 heavy (non-hydrogen) atoms. The molecule has 5 nitrogen and oxygen atoms in total.